The molecule has 3 heteroatoms. The van der Waals surface area contributed by atoms with Gasteiger partial charge in [-0.25, -0.2) is 0 Å². The second-order valence-corrected chi connectivity index (χ2v) is 6.93. The van der Waals surface area contributed by atoms with Crippen molar-refractivity contribution in [1.29, 1.82) is 5.26 Å². The molecule has 0 aliphatic carbocycles. The molecule has 0 bridgehead atoms. The summed E-state index contributed by atoms with van der Waals surface area (Å²) in [5.74, 6) is 0.815. The van der Waals surface area contributed by atoms with Crippen molar-refractivity contribution in [1.82, 2.24) is 0 Å². The molecule has 0 spiro atoms. The SMILES string of the molecule is Cc1cc([C@H](Oc2ccccc2)c2ccc(C#N)cc2)c(N(C)C)cc1C. The molecular weight excluding hydrogens is 332 g/mol. The average Bonchev–Trinajstić information content (AvgIpc) is 2.69. The highest BCUT2D eigenvalue weighted by Gasteiger charge is 2.22. The van der Waals surface area contributed by atoms with Crippen LogP contribution in [0.15, 0.2) is 66.7 Å². The molecule has 3 aromatic rings. The maximum atomic E-state index is 9.12. The van der Waals surface area contributed by atoms with Crippen LogP contribution in [0.2, 0.25) is 0 Å². The van der Waals surface area contributed by atoms with E-state index in [4.69, 9.17) is 10.00 Å². The number of benzene rings is 3. The Bertz CT molecular complexity index is 954. The van der Waals surface area contributed by atoms with Crippen LogP contribution in [0.25, 0.3) is 0 Å². The van der Waals surface area contributed by atoms with Gasteiger partial charge >= 0.3 is 0 Å². The number of ether oxygens (including phenoxy) is 1. The summed E-state index contributed by atoms with van der Waals surface area (Å²) >= 11 is 0. The standard InChI is InChI=1S/C24H24N2O/c1-17-14-22(23(26(3)4)15-18(17)2)24(27-21-8-6-5-7-9-21)20-12-10-19(16-25)11-13-20/h5-15,24H,1-4H3/t24-/m1/s1. The summed E-state index contributed by atoms with van der Waals surface area (Å²) in [5, 5.41) is 9.12. The lowest BCUT2D eigenvalue weighted by Crippen LogP contribution is -2.17. The summed E-state index contributed by atoms with van der Waals surface area (Å²) in [5.41, 5.74) is 6.38. The number of hydrogen-bond donors (Lipinski definition) is 0. The van der Waals surface area contributed by atoms with Crippen molar-refractivity contribution < 1.29 is 4.74 Å². The Balaban J connectivity index is 2.14. The molecule has 0 N–H and O–H groups in total. The topological polar surface area (TPSA) is 36.3 Å². The highest BCUT2D eigenvalue weighted by Crippen LogP contribution is 2.36. The average molecular weight is 356 g/mol. The van der Waals surface area contributed by atoms with Crippen molar-refractivity contribution in [3.05, 3.63) is 94.5 Å². The molecule has 0 saturated heterocycles. The van der Waals surface area contributed by atoms with Crippen molar-refractivity contribution in [2.45, 2.75) is 20.0 Å². The molecule has 0 fully saturated rings. The first kappa shape index (κ1) is 18.5. The van der Waals surface area contributed by atoms with Crippen LogP contribution in [0.5, 0.6) is 5.75 Å². The largest absolute Gasteiger partial charge is 0.481 e. The molecule has 0 radical (unpaired) electrons. The van der Waals surface area contributed by atoms with Crippen molar-refractivity contribution in [3.8, 4) is 11.8 Å². The fourth-order valence-electron chi connectivity index (χ4n) is 3.10. The number of para-hydroxylation sites is 1. The Hall–Kier alpha value is -3.25. The molecule has 0 aromatic heterocycles. The van der Waals surface area contributed by atoms with E-state index in [2.05, 4.69) is 36.9 Å². The number of rotatable bonds is 5. The third-order valence-corrected chi connectivity index (χ3v) is 4.75. The van der Waals surface area contributed by atoms with E-state index in [1.807, 2.05) is 68.7 Å². The molecule has 136 valence electrons. The Morgan fingerprint density at radius 3 is 2.11 bits per heavy atom. The van der Waals surface area contributed by atoms with Crippen LogP contribution < -0.4 is 9.64 Å². The smallest absolute Gasteiger partial charge is 0.151 e. The van der Waals surface area contributed by atoms with E-state index in [0.717, 1.165) is 22.6 Å². The van der Waals surface area contributed by atoms with Gasteiger partial charge in [-0.2, -0.15) is 5.26 Å². The van der Waals surface area contributed by atoms with Crippen LogP contribution in [0.3, 0.4) is 0 Å². The number of anilines is 1. The van der Waals surface area contributed by atoms with Crippen LogP contribution in [0.1, 0.15) is 33.9 Å². The summed E-state index contributed by atoms with van der Waals surface area (Å²) in [6, 6.07) is 24.1. The van der Waals surface area contributed by atoms with E-state index in [1.54, 1.807) is 0 Å². The predicted octanol–water partition coefficient (Wildman–Crippen LogP) is 5.41. The molecule has 0 aliphatic rings. The van der Waals surface area contributed by atoms with E-state index in [0.29, 0.717) is 5.56 Å². The molecule has 0 aliphatic heterocycles. The molecule has 0 amide bonds. The van der Waals surface area contributed by atoms with Gasteiger partial charge in [0.15, 0.2) is 6.10 Å². The summed E-state index contributed by atoms with van der Waals surface area (Å²) in [6.07, 6.45) is -0.267. The van der Waals surface area contributed by atoms with E-state index < -0.39 is 0 Å². The van der Waals surface area contributed by atoms with E-state index in [-0.39, 0.29) is 6.10 Å². The van der Waals surface area contributed by atoms with Gasteiger partial charge in [-0.05, 0) is 66.9 Å². The van der Waals surface area contributed by atoms with Gasteiger partial charge in [0, 0.05) is 25.3 Å². The molecule has 0 heterocycles. The van der Waals surface area contributed by atoms with Crippen molar-refractivity contribution in [2.75, 3.05) is 19.0 Å². The molecule has 0 unspecified atom stereocenters. The van der Waals surface area contributed by atoms with Gasteiger partial charge in [0.05, 0.1) is 11.6 Å². The monoisotopic (exact) mass is 356 g/mol. The second-order valence-electron chi connectivity index (χ2n) is 6.93. The van der Waals surface area contributed by atoms with Gasteiger partial charge in [-0.15, -0.1) is 0 Å². The van der Waals surface area contributed by atoms with Crippen LogP contribution in [-0.4, -0.2) is 14.1 Å². The third-order valence-electron chi connectivity index (χ3n) is 4.75. The van der Waals surface area contributed by atoms with Crippen molar-refractivity contribution >= 4 is 5.69 Å². The van der Waals surface area contributed by atoms with E-state index in [9.17, 15) is 0 Å². The summed E-state index contributed by atoms with van der Waals surface area (Å²) < 4.78 is 6.44. The second kappa shape index (κ2) is 7.97. The number of hydrogen-bond acceptors (Lipinski definition) is 3. The number of nitrogens with zero attached hydrogens (tertiary/aromatic N) is 2. The molecule has 3 rings (SSSR count). The van der Waals surface area contributed by atoms with Crippen molar-refractivity contribution in [2.24, 2.45) is 0 Å². The van der Waals surface area contributed by atoms with Crippen molar-refractivity contribution in [3.63, 3.8) is 0 Å². The lowest BCUT2D eigenvalue weighted by Gasteiger charge is -2.27. The fourth-order valence-corrected chi connectivity index (χ4v) is 3.10. The first-order valence-electron chi connectivity index (χ1n) is 9.00. The third kappa shape index (κ3) is 4.12. The predicted molar refractivity (Wildman–Crippen MR) is 110 cm³/mol. The van der Waals surface area contributed by atoms with Crippen LogP contribution in [0.4, 0.5) is 5.69 Å². The summed E-state index contributed by atoms with van der Waals surface area (Å²) in [7, 11) is 4.10. The maximum Gasteiger partial charge on any atom is 0.151 e. The minimum Gasteiger partial charge on any atom is -0.481 e. The molecular formula is C24H24N2O. The molecule has 0 saturated carbocycles. The zero-order chi connectivity index (χ0) is 19.4. The molecule has 3 nitrogen and oxygen atoms in total. The number of nitriles is 1. The fraction of sp³-hybridized carbons (Fsp3) is 0.208. The molecule has 27 heavy (non-hydrogen) atoms. The highest BCUT2D eigenvalue weighted by molar-refractivity contribution is 5.59. The van der Waals surface area contributed by atoms with Crippen LogP contribution in [0, 0.1) is 25.2 Å². The van der Waals surface area contributed by atoms with Gasteiger partial charge in [0.2, 0.25) is 0 Å². The molecule has 3 aromatic carbocycles. The Morgan fingerprint density at radius 1 is 0.889 bits per heavy atom. The zero-order valence-corrected chi connectivity index (χ0v) is 16.2. The van der Waals surface area contributed by atoms with Crippen LogP contribution in [-0.2, 0) is 0 Å². The summed E-state index contributed by atoms with van der Waals surface area (Å²) in [6.45, 7) is 4.25. The van der Waals surface area contributed by atoms with Gasteiger partial charge in [-0.1, -0.05) is 30.3 Å². The highest BCUT2D eigenvalue weighted by atomic mass is 16.5. The summed E-state index contributed by atoms with van der Waals surface area (Å²) in [4.78, 5) is 2.12. The van der Waals surface area contributed by atoms with Gasteiger partial charge in [0.25, 0.3) is 0 Å². The first-order valence-corrected chi connectivity index (χ1v) is 9.00. The zero-order valence-electron chi connectivity index (χ0n) is 16.2. The normalized spacial score (nSPS) is 11.5. The van der Waals surface area contributed by atoms with Gasteiger partial charge in [0.1, 0.15) is 5.75 Å². The Labute approximate surface area is 161 Å². The quantitative estimate of drug-likeness (QED) is 0.613. The number of aryl methyl sites for hydroxylation is 2. The van der Waals surface area contributed by atoms with Gasteiger partial charge in [-0.3, -0.25) is 0 Å². The lowest BCUT2D eigenvalue weighted by molar-refractivity contribution is 0.247. The van der Waals surface area contributed by atoms with Gasteiger partial charge < -0.3 is 9.64 Å². The van der Waals surface area contributed by atoms with E-state index >= 15 is 0 Å². The Kier molecular flexibility index (Phi) is 5.47. The Morgan fingerprint density at radius 2 is 1.52 bits per heavy atom. The lowest BCUT2D eigenvalue weighted by atomic mass is 9.94. The minimum atomic E-state index is -0.267. The molecule has 1 atom stereocenters. The van der Waals surface area contributed by atoms with Crippen LogP contribution >= 0.6 is 0 Å². The van der Waals surface area contributed by atoms with E-state index in [1.165, 1.54) is 11.1 Å². The maximum absolute atomic E-state index is 9.12. The first-order chi connectivity index (χ1) is 13.0. The minimum absolute atomic E-state index is 0.267.